The first kappa shape index (κ1) is 12.1. The van der Waals surface area contributed by atoms with Gasteiger partial charge in [0.05, 0.1) is 22.6 Å². The summed E-state index contributed by atoms with van der Waals surface area (Å²) >= 11 is 7.09. The summed E-state index contributed by atoms with van der Waals surface area (Å²) in [5, 5.41) is 6.97. The lowest BCUT2D eigenvalue weighted by atomic mass is 10.3. The summed E-state index contributed by atoms with van der Waals surface area (Å²) in [6, 6.07) is 4.46. The van der Waals surface area contributed by atoms with E-state index in [-0.39, 0.29) is 5.02 Å². The number of aromatic nitrogens is 3. The summed E-state index contributed by atoms with van der Waals surface area (Å²) in [7, 11) is 0. The predicted octanol–water partition coefficient (Wildman–Crippen LogP) is 3.37. The highest BCUT2D eigenvalue weighted by molar-refractivity contribution is 7.13. The number of nitrogen functional groups attached to an aromatic ring is 1. The zero-order valence-corrected chi connectivity index (χ0v) is 11.1. The Hall–Kier alpha value is -1.92. The number of halogens is 2. The molecular weight excluding hydrogens is 287 g/mol. The molecule has 2 heterocycles. The van der Waals surface area contributed by atoms with Crippen molar-refractivity contribution in [1.82, 2.24) is 14.8 Å². The molecule has 3 rings (SSSR count). The lowest BCUT2D eigenvalue weighted by molar-refractivity contribution is 0.626. The number of benzene rings is 1. The van der Waals surface area contributed by atoms with Crippen LogP contribution >= 0.6 is 22.9 Å². The van der Waals surface area contributed by atoms with E-state index in [0.29, 0.717) is 17.1 Å². The van der Waals surface area contributed by atoms with E-state index in [1.54, 1.807) is 18.5 Å². The van der Waals surface area contributed by atoms with Crippen molar-refractivity contribution in [2.24, 2.45) is 0 Å². The van der Waals surface area contributed by atoms with Crippen LogP contribution in [-0.2, 0) is 0 Å². The van der Waals surface area contributed by atoms with E-state index in [2.05, 4.69) is 10.1 Å². The molecule has 0 aliphatic carbocycles. The number of hydrogen-bond donors (Lipinski definition) is 1. The van der Waals surface area contributed by atoms with E-state index >= 15 is 0 Å². The van der Waals surface area contributed by atoms with E-state index in [0.717, 1.165) is 5.01 Å². The van der Waals surface area contributed by atoms with Gasteiger partial charge in [-0.2, -0.15) is 5.10 Å². The van der Waals surface area contributed by atoms with Gasteiger partial charge in [0.25, 0.3) is 0 Å². The SMILES string of the molecule is Nc1cn(-c2ccc(Cl)c(F)c2)nc1-c1nccs1. The lowest BCUT2D eigenvalue weighted by Crippen LogP contribution is -1.95. The largest absolute Gasteiger partial charge is 0.396 e. The maximum absolute atomic E-state index is 13.4. The van der Waals surface area contributed by atoms with Crippen molar-refractivity contribution >= 4 is 28.6 Å². The Morgan fingerprint density at radius 1 is 1.37 bits per heavy atom. The molecule has 2 N–H and O–H groups in total. The molecule has 1 aromatic carbocycles. The number of nitrogens with zero attached hydrogens (tertiary/aromatic N) is 3. The Morgan fingerprint density at radius 3 is 2.89 bits per heavy atom. The Morgan fingerprint density at radius 2 is 2.21 bits per heavy atom. The minimum absolute atomic E-state index is 0.0732. The van der Waals surface area contributed by atoms with Gasteiger partial charge >= 0.3 is 0 Å². The molecule has 0 amide bonds. The van der Waals surface area contributed by atoms with E-state index in [1.807, 2.05) is 5.38 Å². The van der Waals surface area contributed by atoms with Gasteiger partial charge in [0.15, 0.2) is 0 Å². The molecule has 0 saturated heterocycles. The first-order valence-corrected chi connectivity index (χ1v) is 6.61. The van der Waals surface area contributed by atoms with Gasteiger partial charge in [-0.25, -0.2) is 14.1 Å². The molecule has 2 aromatic heterocycles. The monoisotopic (exact) mass is 294 g/mol. The van der Waals surface area contributed by atoms with Gasteiger partial charge in [0, 0.05) is 17.6 Å². The summed E-state index contributed by atoms with van der Waals surface area (Å²) in [5.74, 6) is -0.496. The molecule has 0 saturated carbocycles. The van der Waals surface area contributed by atoms with Gasteiger partial charge in [-0.15, -0.1) is 11.3 Å². The van der Waals surface area contributed by atoms with Crippen LogP contribution in [0.2, 0.25) is 5.02 Å². The van der Waals surface area contributed by atoms with Crippen LogP contribution < -0.4 is 5.73 Å². The van der Waals surface area contributed by atoms with Crippen molar-refractivity contribution in [3.05, 3.63) is 46.8 Å². The highest BCUT2D eigenvalue weighted by Crippen LogP contribution is 2.27. The van der Waals surface area contributed by atoms with Gasteiger partial charge in [-0.1, -0.05) is 11.6 Å². The first-order valence-electron chi connectivity index (χ1n) is 5.35. The molecular formula is C12H8ClFN4S. The van der Waals surface area contributed by atoms with Crippen molar-refractivity contribution in [1.29, 1.82) is 0 Å². The fourth-order valence-electron chi connectivity index (χ4n) is 1.65. The van der Waals surface area contributed by atoms with Crippen molar-refractivity contribution in [3.63, 3.8) is 0 Å². The fourth-order valence-corrected chi connectivity index (χ4v) is 2.41. The maximum atomic E-state index is 13.4. The average molecular weight is 295 g/mol. The normalized spacial score (nSPS) is 10.8. The Kier molecular flexibility index (Phi) is 2.96. The molecule has 0 unspecified atom stereocenters. The molecule has 0 atom stereocenters. The Labute approximate surface area is 117 Å². The zero-order chi connectivity index (χ0) is 13.4. The highest BCUT2D eigenvalue weighted by Gasteiger charge is 2.12. The van der Waals surface area contributed by atoms with E-state index in [4.69, 9.17) is 17.3 Å². The van der Waals surface area contributed by atoms with Crippen molar-refractivity contribution in [2.45, 2.75) is 0 Å². The maximum Gasteiger partial charge on any atom is 0.145 e. The third kappa shape index (κ3) is 2.20. The summed E-state index contributed by atoms with van der Waals surface area (Å²) < 4.78 is 14.9. The standard InChI is InChI=1S/C12H8ClFN4S/c13-8-2-1-7(5-9(8)14)18-6-10(15)11(17-18)12-16-3-4-19-12/h1-6H,15H2. The third-order valence-electron chi connectivity index (χ3n) is 2.55. The minimum atomic E-state index is -0.496. The minimum Gasteiger partial charge on any atom is -0.396 e. The van der Waals surface area contributed by atoms with Crippen LogP contribution in [0.1, 0.15) is 0 Å². The molecule has 0 radical (unpaired) electrons. The van der Waals surface area contributed by atoms with Gasteiger partial charge in [0.2, 0.25) is 0 Å². The summed E-state index contributed by atoms with van der Waals surface area (Å²) in [4.78, 5) is 4.15. The first-order chi connectivity index (χ1) is 9.15. The number of anilines is 1. The third-order valence-corrected chi connectivity index (χ3v) is 3.63. The van der Waals surface area contributed by atoms with Crippen LogP contribution in [0.3, 0.4) is 0 Å². The van der Waals surface area contributed by atoms with Crippen LogP contribution in [0.5, 0.6) is 0 Å². The molecule has 96 valence electrons. The molecule has 0 bridgehead atoms. The van der Waals surface area contributed by atoms with Crippen LogP contribution in [-0.4, -0.2) is 14.8 Å². The molecule has 0 aliphatic rings. The Balaban J connectivity index is 2.07. The molecule has 0 fully saturated rings. The average Bonchev–Trinajstić information content (AvgIpc) is 3.01. The molecule has 4 nitrogen and oxygen atoms in total. The molecule has 0 spiro atoms. The van der Waals surface area contributed by atoms with Gasteiger partial charge in [-0.05, 0) is 12.1 Å². The van der Waals surface area contributed by atoms with E-state index in [9.17, 15) is 4.39 Å². The molecule has 7 heteroatoms. The summed E-state index contributed by atoms with van der Waals surface area (Å²) in [6.07, 6.45) is 3.31. The van der Waals surface area contributed by atoms with Crippen LogP contribution in [0.15, 0.2) is 36.0 Å². The molecule has 0 aliphatic heterocycles. The Bertz CT molecular complexity index is 723. The fraction of sp³-hybridized carbons (Fsp3) is 0. The topological polar surface area (TPSA) is 56.7 Å². The summed E-state index contributed by atoms with van der Waals surface area (Å²) in [5.41, 5.74) is 7.53. The smallest absolute Gasteiger partial charge is 0.145 e. The molecule has 19 heavy (non-hydrogen) atoms. The lowest BCUT2D eigenvalue weighted by Gasteiger charge is -2.01. The van der Waals surface area contributed by atoms with E-state index in [1.165, 1.54) is 28.2 Å². The molecule has 3 aromatic rings. The number of nitrogens with two attached hydrogens (primary N) is 1. The van der Waals surface area contributed by atoms with Gasteiger partial charge in [-0.3, -0.25) is 0 Å². The number of rotatable bonds is 2. The second-order valence-corrected chi connectivity index (χ2v) is 5.12. The second-order valence-electron chi connectivity index (χ2n) is 3.81. The van der Waals surface area contributed by atoms with Crippen molar-refractivity contribution in [3.8, 4) is 16.4 Å². The zero-order valence-electron chi connectivity index (χ0n) is 9.55. The van der Waals surface area contributed by atoms with Crippen LogP contribution in [0, 0.1) is 5.82 Å². The van der Waals surface area contributed by atoms with Crippen molar-refractivity contribution < 1.29 is 4.39 Å². The van der Waals surface area contributed by atoms with Gasteiger partial charge < -0.3 is 5.73 Å². The van der Waals surface area contributed by atoms with E-state index < -0.39 is 5.82 Å². The summed E-state index contributed by atoms with van der Waals surface area (Å²) in [6.45, 7) is 0. The van der Waals surface area contributed by atoms with Crippen LogP contribution in [0.25, 0.3) is 16.4 Å². The predicted molar refractivity (Wildman–Crippen MR) is 74.1 cm³/mol. The second kappa shape index (κ2) is 4.64. The number of thiazole rings is 1. The van der Waals surface area contributed by atoms with Crippen molar-refractivity contribution in [2.75, 3.05) is 5.73 Å². The van der Waals surface area contributed by atoms with Crippen LogP contribution in [0.4, 0.5) is 10.1 Å². The quantitative estimate of drug-likeness (QED) is 0.788. The number of hydrogen-bond acceptors (Lipinski definition) is 4. The van der Waals surface area contributed by atoms with Gasteiger partial charge in [0.1, 0.15) is 16.5 Å². The highest BCUT2D eigenvalue weighted by atomic mass is 35.5.